The first-order valence-corrected chi connectivity index (χ1v) is 6.35. The first kappa shape index (κ1) is 12.8. The Morgan fingerprint density at radius 3 is 2.60 bits per heavy atom. The van der Waals surface area contributed by atoms with E-state index in [9.17, 15) is 4.79 Å². The van der Waals surface area contributed by atoms with Crippen LogP contribution in [0, 0.1) is 6.92 Å². The van der Waals surface area contributed by atoms with Gasteiger partial charge in [0.1, 0.15) is 19.0 Å². The zero-order chi connectivity index (χ0) is 14.1. The average molecular weight is 295 g/mol. The molecule has 2 aromatic rings. The third kappa shape index (κ3) is 2.42. The fraction of sp³-hybridized carbons (Fsp3) is 0.231. The first-order chi connectivity index (χ1) is 9.63. The number of aromatic nitrogens is 1. The minimum Gasteiger partial charge on any atom is -0.486 e. The van der Waals surface area contributed by atoms with E-state index in [2.05, 4.69) is 10.5 Å². The molecule has 1 amide bonds. The summed E-state index contributed by atoms with van der Waals surface area (Å²) in [5.74, 6) is 1.27. The number of carbonyl (C=O) groups is 1. The summed E-state index contributed by atoms with van der Waals surface area (Å²) in [7, 11) is 0. The van der Waals surface area contributed by atoms with Crippen LogP contribution in [0.15, 0.2) is 22.7 Å². The fourth-order valence-corrected chi connectivity index (χ4v) is 2.02. The van der Waals surface area contributed by atoms with E-state index in [1.165, 1.54) is 0 Å². The Bertz CT molecular complexity index is 668. The molecule has 1 N–H and O–H groups in total. The van der Waals surface area contributed by atoms with Crippen LogP contribution in [0.4, 0.5) is 5.69 Å². The fourth-order valence-electron chi connectivity index (χ4n) is 1.82. The lowest BCUT2D eigenvalue weighted by Gasteiger charge is -2.19. The third-order valence-corrected chi connectivity index (χ3v) is 3.05. The van der Waals surface area contributed by atoms with Crippen molar-refractivity contribution in [1.82, 2.24) is 5.16 Å². The van der Waals surface area contributed by atoms with Crippen molar-refractivity contribution in [3.8, 4) is 11.5 Å². The van der Waals surface area contributed by atoms with Crippen LogP contribution in [0.3, 0.4) is 0 Å². The Balaban J connectivity index is 1.85. The predicted octanol–water partition coefficient (Wildman–Crippen LogP) is 2.66. The van der Waals surface area contributed by atoms with Crippen LogP contribution >= 0.6 is 11.6 Å². The quantitative estimate of drug-likeness (QED) is 0.922. The number of nitrogens with one attached hydrogen (secondary N) is 1. The third-order valence-electron chi connectivity index (χ3n) is 2.74. The number of benzene rings is 1. The maximum atomic E-state index is 12.0. The maximum absolute atomic E-state index is 12.0. The van der Waals surface area contributed by atoms with Crippen molar-refractivity contribution < 1.29 is 18.8 Å². The Labute approximate surface area is 119 Å². The van der Waals surface area contributed by atoms with Crippen molar-refractivity contribution in [2.24, 2.45) is 0 Å². The minimum absolute atomic E-state index is 0.188. The van der Waals surface area contributed by atoms with Crippen molar-refractivity contribution in [2.75, 3.05) is 18.5 Å². The predicted molar refractivity (Wildman–Crippen MR) is 71.6 cm³/mol. The second-order valence-electron chi connectivity index (χ2n) is 4.25. The largest absolute Gasteiger partial charge is 0.486 e. The molecular formula is C13H11ClN2O4. The molecule has 0 atom stereocenters. The maximum Gasteiger partial charge on any atom is 0.277 e. The molecule has 0 fully saturated rings. The van der Waals surface area contributed by atoms with Gasteiger partial charge in [0.2, 0.25) is 0 Å². The van der Waals surface area contributed by atoms with E-state index in [0.717, 1.165) is 0 Å². The zero-order valence-corrected chi connectivity index (χ0v) is 11.4. The number of hydrogen-bond acceptors (Lipinski definition) is 5. The minimum atomic E-state index is -0.402. The first-order valence-electron chi connectivity index (χ1n) is 5.97. The second kappa shape index (κ2) is 5.05. The Morgan fingerprint density at radius 2 is 1.95 bits per heavy atom. The number of rotatable bonds is 2. The lowest BCUT2D eigenvalue weighted by molar-refractivity contribution is 0.101. The number of ether oxygens (including phenoxy) is 2. The van der Waals surface area contributed by atoms with Gasteiger partial charge in [-0.1, -0.05) is 16.8 Å². The summed E-state index contributed by atoms with van der Waals surface area (Å²) in [4.78, 5) is 12.0. The number of aryl methyl sites for hydroxylation is 1. The summed E-state index contributed by atoms with van der Waals surface area (Å²) in [5.41, 5.74) is 0.620. The smallest absolute Gasteiger partial charge is 0.277 e. The van der Waals surface area contributed by atoms with Crippen LogP contribution in [-0.2, 0) is 0 Å². The molecule has 0 saturated carbocycles. The number of anilines is 1. The average Bonchev–Trinajstić information content (AvgIpc) is 2.86. The summed E-state index contributed by atoms with van der Waals surface area (Å²) in [5, 5.41) is 6.67. The molecule has 1 aliphatic rings. The summed E-state index contributed by atoms with van der Waals surface area (Å²) in [6.07, 6.45) is 0. The van der Waals surface area contributed by atoms with Crippen LogP contribution in [0.5, 0.6) is 11.5 Å². The summed E-state index contributed by atoms with van der Waals surface area (Å²) in [6, 6.07) is 4.78. The molecule has 20 heavy (non-hydrogen) atoms. The normalized spacial score (nSPS) is 13.1. The molecule has 0 spiro atoms. The molecule has 0 aliphatic carbocycles. The molecule has 6 nitrogen and oxygen atoms in total. The lowest BCUT2D eigenvalue weighted by Crippen LogP contribution is -2.17. The highest BCUT2D eigenvalue weighted by atomic mass is 35.5. The Morgan fingerprint density at radius 1 is 1.25 bits per heavy atom. The summed E-state index contributed by atoms with van der Waals surface area (Å²) in [6.45, 7) is 2.65. The standard InChI is InChI=1S/C13H11ClN2O4/c1-7-4-10(16-20-7)13(17)15-9-6-12-11(5-8(9)14)18-2-3-19-12/h4-6H,2-3H2,1H3,(H,15,17). The molecule has 0 unspecified atom stereocenters. The van der Waals surface area contributed by atoms with Gasteiger partial charge in [0.25, 0.3) is 5.91 Å². The van der Waals surface area contributed by atoms with Crippen molar-refractivity contribution in [1.29, 1.82) is 0 Å². The molecule has 7 heteroatoms. The summed E-state index contributed by atoms with van der Waals surface area (Å²) < 4.78 is 15.7. The Kier molecular flexibility index (Phi) is 3.23. The molecule has 104 valence electrons. The number of hydrogen-bond donors (Lipinski definition) is 1. The van der Waals surface area contributed by atoms with Crippen LogP contribution in [-0.4, -0.2) is 24.3 Å². The van der Waals surface area contributed by atoms with E-state index >= 15 is 0 Å². The van der Waals surface area contributed by atoms with E-state index < -0.39 is 5.91 Å². The number of carbonyl (C=O) groups excluding carboxylic acids is 1. The van der Waals surface area contributed by atoms with Gasteiger partial charge in [0.15, 0.2) is 17.2 Å². The van der Waals surface area contributed by atoms with Crippen LogP contribution in [0.2, 0.25) is 5.02 Å². The van der Waals surface area contributed by atoms with Gasteiger partial charge in [-0.2, -0.15) is 0 Å². The number of halogens is 1. The van der Waals surface area contributed by atoms with Crippen molar-refractivity contribution in [2.45, 2.75) is 6.92 Å². The lowest BCUT2D eigenvalue weighted by atomic mass is 10.2. The van der Waals surface area contributed by atoms with Gasteiger partial charge in [-0.3, -0.25) is 4.79 Å². The molecule has 0 saturated heterocycles. The highest BCUT2D eigenvalue weighted by molar-refractivity contribution is 6.34. The molecule has 2 heterocycles. The van der Waals surface area contributed by atoms with E-state index in [-0.39, 0.29) is 5.69 Å². The van der Waals surface area contributed by atoms with Gasteiger partial charge in [-0.15, -0.1) is 0 Å². The molecule has 1 aromatic carbocycles. The number of amides is 1. The molecule has 3 rings (SSSR count). The second-order valence-corrected chi connectivity index (χ2v) is 4.66. The van der Waals surface area contributed by atoms with E-state index in [1.54, 1.807) is 25.1 Å². The van der Waals surface area contributed by atoms with Gasteiger partial charge in [0.05, 0.1) is 10.7 Å². The molecule has 0 bridgehead atoms. The van der Waals surface area contributed by atoms with Gasteiger partial charge in [0, 0.05) is 18.2 Å². The van der Waals surface area contributed by atoms with E-state index in [1.807, 2.05) is 0 Å². The zero-order valence-electron chi connectivity index (χ0n) is 10.6. The van der Waals surface area contributed by atoms with Gasteiger partial charge in [-0.05, 0) is 6.92 Å². The van der Waals surface area contributed by atoms with Gasteiger partial charge in [-0.25, -0.2) is 0 Å². The number of nitrogens with zero attached hydrogens (tertiary/aromatic N) is 1. The van der Waals surface area contributed by atoms with Crippen molar-refractivity contribution >= 4 is 23.2 Å². The highest BCUT2D eigenvalue weighted by Gasteiger charge is 2.18. The van der Waals surface area contributed by atoms with Crippen molar-refractivity contribution in [3.05, 3.63) is 34.7 Å². The van der Waals surface area contributed by atoms with Crippen molar-refractivity contribution in [3.63, 3.8) is 0 Å². The molecule has 0 radical (unpaired) electrons. The van der Waals surface area contributed by atoms with Gasteiger partial charge < -0.3 is 19.3 Å². The van der Waals surface area contributed by atoms with Crippen LogP contribution < -0.4 is 14.8 Å². The van der Waals surface area contributed by atoms with Gasteiger partial charge >= 0.3 is 0 Å². The van der Waals surface area contributed by atoms with Crippen LogP contribution in [0.25, 0.3) is 0 Å². The summed E-state index contributed by atoms with van der Waals surface area (Å²) >= 11 is 6.10. The van der Waals surface area contributed by atoms with E-state index in [4.69, 9.17) is 25.6 Å². The monoisotopic (exact) mass is 294 g/mol. The number of fused-ring (bicyclic) bond motifs is 1. The molecular weight excluding hydrogens is 284 g/mol. The van der Waals surface area contributed by atoms with Crippen LogP contribution in [0.1, 0.15) is 16.2 Å². The molecule has 1 aromatic heterocycles. The topological polar surface area (TPSA) is 73.6 Å². The SMILES string of the molecule is Cc1cc(C(=O)Nc2cc3c(cc2Cl)OCCO3)no1. The highest BCUT2D eigenvalue weighted by Crippen LogP contribution is 2.38. The molecule has 1 aliphatic heterocycles. The Hall–Kier alpha value is -2.21. The van der Waals surface area contributed by atoms with E-state index in [0.29, 0.717) is 41.2 Å².